The molecular formula is C23H23FN4O. The molecule has 0 radical (unpaired) electrons. The normalized spacial score (nSPS) is 17.4. The Morgan fingerprint density at radius 3 is 2.62 bits per heavy atom. The van der Waals surface area contributed by atoms with Crippen molar-refractivity contribution in [3.8, 4) is 11.4 Å². The average molecular weight is 390 g/mol. The van der Waals surface area contributed by atoms with Crippen LogP contribution in [0.2, 0.25) is 0 Å². The van der Waals surface area contributed by atoms with Crippen molar-refractivity contribution >= 4 is 5.91 Å². The Labute approximate surface area is 169 Å². The van der Waals surface area contributed by atoms with Crippen molar-refractivity contribution in [2.45, 2.75) is 39.2 Å². The molecule has 1 aromatic carbocycles. The molecule has 5 nitrogen and oxygen atoms in total. The summed E-state index contributed by atoms with van der Waals surface area (Å²) in [7, 11) is 0. The zero-order valence-electron chi connectivity index (χ0n) is 16.5. The average Bonchev–Trinajstić information content (AvgIpc) is 2.69. The van der Waals surface area contributed by atoms with Crippen LogP contribution in [-0.4, -0.2) is 20.9 Å². The predicted molar refractivity (Wildman–Crippen MR) is 108 cm³/mol. The molecule has 0 fully saturated rings. The summed E-state index contributed by atoms with van der Waals surface area (Å²) in [5.41, 5.74) is 3.64. The Morgan fingerprint density at radius 2 is 1.90 bits per heavy atom. The first kappa shape index (κ1) is 19.2. The summed E-state index contributed by atoms with van der Waals surface area (Å²) in [4.78, 5) is 26.0. The number of fused-ring (bicyclic) bond motifs is 1. The third-order valence-corrected chi connectivity index (χ3v) is 5.23. The van der Waals surface area contributed by atoms with Gasteiger partial charge in [-0.25, -0.2) is 14.4 Å². The van der Waals surface area contributed by atoms with E-state index in [9.17, 15) is 9.18 Å². The van der Waals surface area contributed by atoms with Crippen LogP contribution in [0.5, 0.6) is 0 Å². The molecule has 4 rings (SSSR count). The number of halogens is 1. The molecule has 0 saturated carbocycles. The van der Waals surface area contributed by atoms with Crippen LogP contribution >= 0.6 is 0 Å². The van der Waals surface area contributed by atoms with E-state index < -0.39 is 0 Å². The minimum Gasteiger partial charge on any atom is -0.349 e. The quantitative estimate of drug-likeness (QED) is 0.730. The molecule has 0 spiro atoms. The highest BCUT2D eigenvalue weighted by Crippen LogP contribution is 2.40. The second kappa shape index (κ2) is 7.70. The van der Waals surface area contributed by atoms with E-state index in [2.05, 4.69) is 29.1 Å². The lowest BCUT2D eigenvalue weighted by molar-refractivity contribution is -0.121. The maximum atomic E-state index is 13.1. The molecule has 1 amide bonds. The summed E-state index contributed by atoms with van der Waals surface area (Å²) in [6.45, 7) is 4.37. The third kappa shape index (κ3) is 4.47. The molecule has 0 unspecified atom stereocenters. The van der Waals surface area contributed by atoms with E-state index in [1.165, 1.54) is 12.1 Å². The van der Waals surface area contributed by atoms with Crippen LogP contribution in [0.4, 0.5) is 4.39 Å². The van der Waals surface area contributed by atoms with Gasteiger partial charge in [0.05, 0.1) is 18.2 Å². The van der Waals surface area contributed by atoms with Gasteiger partial charge in [-0.15, -0.1) is 0 Å². The molecule has 1 aliphatic rings. The fraction of sp³-hybridized carbons (Fsp3) is 0.304. The zero-order valence-corrected chi connectivity index (χ0v) is 16.5. The molecule has 148 valence electrons. The number of carbonyl (C=O) groups excluding carboxylic acids is 1. The van der Waals surface area contributed by atoms with Gasteiger partial charge in [-0.05, 0) is 48.1 Å². The highest BCUT2D eigenvalue weighted by atomic mass is 19.1. The Morgan fingerprint density at radius 1 is 1.17 bits per heavy atom. The van der Waals surface area contributed by atoms with Crippen LogP contribution in [0, 0.1) is 11.2 Å². The van der Waals surface area contributed by atoms with Crippen LogP contribution in [0.15, 0.2) is 55.0 Å². The van der Waals surface area contributed by atoms with Crippen molar-refractivity contribution < 1.29 is 9.18 Å². The van der Waals surface area contributed by atoms with Gasteiger partial charge < -0.3 is 5.32 Å². The maximum absolute atomic E-state index is 13.1. The van der Waals surface area contributed by atoms with Crippen LogP contribution < -0.4 is 5.32 Å². The Hall–Kier alpha value is -3.15. The molecule has 1 aliphatic carbocycles. The van der Waals surface area contributed by atoms with Gasteiger partial charge in [-0.2, -0.15) is 0 Å². The van der Waals surface area contributed by atoms with E-state index in [1.54, 1.807) is 24.5 Å². The van der Waals surface area contributed by atoms with Gasteiger partial charge >= 0.3 is 0 Å². The summed E-state index contributed by atoms with van der Waals surface area (Å²) in [5, 5.41) is 3.13. The van der Waals surface area contributed by atoms with Gasteiger partial charge in [0.25, 0.3) is 0 Å². The van der Waals surface area contributed by atoms with E-state index in [0.29, 0.717) is 5.82 Å². The number of nitrogens with one attached hydrogen (secondary N) is 1. The largest absolute Gasteiger partial charge is 0.349 e. The second-order valence-electron chi connectivity index (χ2n) is 8.30. The van der Waals surface area contributed by atoms with Crippen LogP contribution in [0.3, 0.4) is 0 Å². The number of amides is 1. The highest BCUT2D eigenvalue weighted by molar-refractivity contribution is 5.79. The van der Waals surface area contributed by atoms with E-state index in [4.69, 9.17) is 4.98 Å². The number of nitrogens with zero attached hydrogens (tertiary/aromatic N) is 3. The Bertz CT molecular complexity index is 1020. The van der Waals surface area contributed by atoms with Gasteiger partial charge in [-0.3, -0.25) is 9.78 Å². The Kier molecular flexibility index (Phi) is 5.09. The molecule has 1 N–H and O–H groups in total. The van der Waals surface area contributed by atoms with Crippen molar-refractivity contribution in [1.82, 2.24) is 20.3 Å². The number of hydrogen-bond donors (Lipinski definition) is 1. The molecule has 6 heteroatoms. The fourth-order valence-electron chi connectivity index (χ4n) is 3.85. The van der Waals surface area contributed by atoms with Gasteiger partial charge in [-0.1, -0.05) is 26.0 Å². The molecule has 0 aliphatic heterocycles. The van der Waals surface area contributed by atoms with Crippen molar-refractivity contribution in [3.63, 3.8) is 0 Å². The first-order chi connectivity index (χ1) is 13.9. The monoisotopic (exact) mass is 390 g/mol. The minimum absolute atomic E-state index is 0.00465. The Balaban J connectivity index is 1.57. The van der Waals surface area contributed by atoms with Crippen molar-refractivity contribution in [1.29, 1.82) is 0 Å². The van der Waals surface area contributed by atoms with Gasteiger partial charge in [0, 0.05) is 29.7 Å². The first-order valence-corrected chi connectivity index (χ1v) is 9.70. The van der Waals surface area contributed by atoms with Crippen molar-refractivity contribution in [2.24, 2.45) is 5.41 Å². The number of carbonyl (C=O) groups is 1. The number of pyridine rings is 1. The molecule has 2 heterocycles. The van der Waals surface area contributed by atoms with Gasteiger partial charge in [0.15, 0.2) is 5.82 Å². The van der Waals surface area contributed by atoms with Gasteiger partial charge in [0.2, 0.25) is 5.91 Å². The lowest BCUT2D eigenvalue weighted by atomic mass is 9.74. The maximum Gasteiger partial charge on any atom is 0.224 e. The molecule has 2 aromatic heterocycles. The third-order valence-electron chi connectivity index (χ3n) is 5.23. The SMILES string of the molecule is CC1(C)Cc2nc(-c3ccncc3)ncc2[C@@H](NC(=O)Cc2ccc(F)cc2)C1. The van der Waals surface area contributed by atoms with E-state index >= 15 is 0 Å². The summed E-state index contributed by atoms with van der Waals surface area (Å²) in [6.07, 6.45) is 7.13. The summed E-state index contributed by atoms with van der Waals surface area (Å²) >= 11 is 0. The standard InChI is InChI=1S/C23H23FN4O/c1-23(2)12-19(27-21(29)11-15-3-5-17(24)6-4-15)18-14-26-22(28-20(18)13-23)16-7-9-25-10-8-16/h3-10,14,19H,11-13H2,1-2H3,(H,27,29)/t19-/m0/s1. The van der Waals surface area contributed by atoms with Crippen LogP contribution in [0.25, 0.3) is 11.4 Å². The fourth-order valence-corrected chi connectivity index (χ4v) is 3.85. The highest BCUT2D eigenvalue weighted by Gasteiger charge is 2.34. The second-order valence-corrected chi connectivity index (χ2v) is 8.30. The van der Waals surface area contributed by atoms with E-state index in [1.807, 2.05) is 18.3 Å². The number of rotatable bonds is 4. The topological polar surface area (TPSA) is 67.8 Å². The number of aromatic nitrogens is 3. The molecule has 3 aromatic rings. The zero-order chi connectivity index (χ0) is 20.4. The summed E-state index contributed by atoms with van der Waals surface area (Å²) in [6, 6.07) is 9.64. The van der Waals surface area contributed by atoms with Crippen molar-refractivity contribution in [2.75, 3.05) is 0 Å². The van der Waals surface area contributed by atoms with Crippen LogP contribution in [-0.2, 0) is 17.6 Å². The lowest BCUT2D eigenvalue weighted by Crippen LogP contribution is -2.37. The minimum atomic E-state index is -0.306. The van der Waals surface area contributed by atoms with E-state index in [-0.39, 0.29) is 29.6 Å². The molecule has 1 atom stereocenters. The summed E-state index contributed by atoms with van der Waals surface area (Å²) in [5.74, 6) is 0.267. The molecule has 29 heavy (non-hydrogen) atoms. The van der Waals surface area contributed by atoms with Crippen LogP contribution in [0.1, 0.15) is 43.1 Å². The molecular weight excluding hydrogens is 367 g/mol. The van der Waals surface area contributed by atoms with Crippen molar-refractivity contribution in [3.05, 3.63) is 77.6 Å². The van der Waals surface area contributed by atoms with Gasteiger partial charge in [0.1, 0.15) is 5.82 Å². The number of benzene rings is 1. The smallest absolute Gasteiger partial charge is 0.224 e. The first-order valence-electron chi connectivity index (χ1n) is 9.70. The summed E-state index contributed by atoms with van der Waals surface area (Å²) < 4.78 is 13.1. The van der Waals surface area contributed by atoms with E-state index in [0.717, 1.165) is 35.2 Å². The molecule has 0 saturated heterocycles. The number of hydrogen-bond acceptors (Lipinski definition) is 4. The predicted octanol–water partition coefficient (Wildman–Crippen LogP) is 4.05. The molecule has 0 bridgehead atoms. The lowest BCUT2D eigenvalue weighted by Gasteiger charge is -2.36.